The van der Waals surface area contributed by atoms with Crippen LogP contribution < -0.4 is 0 Å². The van der Waals surface area contributed by atoms with Crippen LogP contribution in [-0.2, 0) is 4.79 Å². The van der Waals surface area contributed by atoms with E-state index in [0.717, 1.165) is 25.9 Å². The van der Waals surface area contributed by atoms with Crippen LogP contribution in [0.3, 0.4) is 0 Å². The zero-order chi connectivity index (χ0) is 12.8. The molecule has 0 saturated carbocycles. The van der Waals surface area contributed by atoms with Crippen LogP contribution in [0.1, 0.15) is 39.5 Å². The zero-order valence-corrected chi connectivity index (χ0v) is 11.4. The summed E-state index contributed by atoms with van der Waals surface area (Å²) in [5.41, 5.74) is 0. The normalized spacial score (nSPS) is 20.7. The van der Waals surface area contributed by atoms with Gasteiger partial charge in [0.25, 0.3) is 0 Å². The summed E-state index contributed by atoms with van der Waals surface area (Å²) in [7, 11) is 1.96. The van der Waals surface area contributed by atoms with Crippen LogP contribution in [0.2, 0.25) is 0 Å². The Balaban J connectivity index is 2.44. The molecule has 1 fully saturated rings. The van der Waals surface area contributed by atoms with E-state index in [1.165, 1.54) is 13.0 Å². The summed E-state index contributed by atoms with van der Waals surface area (Å²) in [6.45, 7) is 7.54. The smallest absolute Gasteiger partial charge is 0.320 e. The molecule has 1 rings (SSSR count). The van der Waals surface area contributed by atoms with Gasteiger partial charge in [-0.3, -0.25) is 9.69 Å². The molecule has 1 aliphatic rings. The number of aliphatic carboxylic acids is 1. The maximum Gasteiger partial charge on any atom is 0.320 e. The second-order valence-corrected chi connectivity index (χ2v) is 5.00. The predicted octanol–water partition coefficient (Wildman–Crippen LogP) is 1.66. The van der Waals surface area contributed by atoms with Gasteiger partial charge >= 0.3 is 5.97 Å². The number of hydrogen-bond acceptors (Lipinski definition) is 3. The molecular formula is C13H26N2O2. The molecule has 1 N–H and O–H groups in total. The maximum atomic E-state index is 11.1. The number of piperidine rings is 1. The van der Waals surface area contributed by atoms with Crippen LogP contribution in [0, 0.1) is 0 Å². The Morgan fingerprint density at radius 2 is 2.00 bits per heavy atom. The van der Waals surface area contributed by atoms with Crippen LogP contribution in [-0.4, -0.2) is 59.6 Å². The van der Waals surface area contributed by atoms with Gasteiger partial charge in [-0.15, -0.1) is 0 Å². The first-order valence-corrected chi connectivity index (χ1v) is 6.77. The predicted molar refractivity (Wildman–Crippen MR) is 69.2 cm³/mol. The molecule has 0 spiro atoms. The quantitative estimate of drug-likeness (QED) is 0.769. The third kappa shape index (κ3) is 3.96. The number of rotatable bonds is 6. The van der Waals surface area contributed by atoms with Gasteiger partial charge in [0.2, 0.25) is 0 Å². The summed E-state index contributed by atoms with van der Waals surface area (Å²) in [6.07, 6.45) is 4.08. The SMILES string of the molecule is CCCN1CCC(N(C)C(CC)C(=O)O)CC1. The van der Waals surface area contributed by atoms with Gasteiger partial charge < -0.3 is 10.0 Å². The first kappa shape index (κ1) is 14.5. The van der Waals surface area contributed by atoms with Crippen molar-refractivity contribution in [2.45, 2.75) is 51.6 Å². The van der Waals surface area contributed by atoms with Gasteiger partial charge in [0.1, 0.15) is 6.04 Å². The monoisotopic (exact) mass is 242 g/mol. The molecule has 0 amide bonds. The number of nitrogens with zero attached hydrogens (tertiary/aromatic N) is 2. The lowest BCUT2D eigenvalue weighted by Crippen LogP contribution is -2.49. The Kier molecular flexibility index (Phi) is 5.92. The minimum Gasteiger partial charge on any atom is -0.480 e. The van der Waals surface area contributed by atoms with Crippen LogP contribution in [0.25, 0.3) is 0 Å². The lowest BCUT2D eigenvalue weighted by Gasteiger charge is -2.38. The van der Waals surface area contributed by atoms with E-state index >= 15 is 0 Å². The van der Waals surface area contributed by atoms with Crippen molar-refractivity contribution in [3.63, 3.8) is 0 Å². The zero-order valence-electron chi connectivity index (χ0n) is 11.4. The van der Waals surface area contributed by atoms with Crippen molar-refractivity contribution in [2.75, 3.05) is 26.7 Å². The second-order valence-electron chi connectivity index (χ2n) is 5.00. The summed E-state index contributed by atoms with van der Waals surface area (Å²) >= 11 is 0. The average molecular weight is 242 g/mol. The summed E-state index contributed by atoms with van der Waals surface area (Å²) in [4.78, 5) is 15.7. The number of carboxylic acid groups (broad SMARTS) is 1. The number of likely N-dealkylation sites (N-methyl/N-ethyl adjacent to an activating group) is 1. The van der Waals surface area contributed by atoms with Gasteiger partial charge in [-0.05, 0) is 52.4 Å². The van der Waals surface area contributed by atoms with E-state index in [2.05, 4.69) is 16.7 Å². The van der Waals surface area contributed by atoms with Gasteiger partial charge in [0, 0.05) is 6.04 Å². The summed E-state index contributed by atoms with van der Waals surface area (Å²) in [5.74, 6) is -0.689. The molecule has 17 heavy (non-hydrogen) atoms. The van der Waals surface area contributed by atoms with Crippen LogP contribution in [0.5, 0.6) is 0 Å². The Morgan fingerprint density at radius 3 is 2.41 bits per heavy atom. The molecule has 0 aliphatic carbocycles. The Hall–Kier alpha value is -0.610. The number of carboxylic acids is 1. The minimum absolute atomic E-state index is 0.322. The highest BCUT2D eigenvalue weighted by molar-refractivity contribution is 5.73. The van der Waals surface area contributed by atoms with E-state index in [0.29, 0.717) is 12.5 Å². The topological polar surface area (TPSA) is 43.8 Å². The van der Waals surface area contributed by atoms with Crippen molar-refractivity contribution in [1.29, 1.82) is 0 Å². The van der Waals surface area contributed by atoms with E-state index in [1.54, 1.807) is 0 Å². The minimum atomic E-state index is -0.689. The van der Waals surface area contributed by atoms with E-state index in [-0.39, 0.29) is 6.04 Å². The largest absolute Gasteiger partial charge is 0.480 e. The fourth-order valence-electron chi connectivity index (χ4n) is 2.76. The van der Waals surface area contributed by atoms with Gasteiger partial charge in [-0.25, -0.2) is 0 Å². The molecular weight excluding hydrogens is 216 g/mol. The molecule has 0 aromatic heterocycles. The van der Waals surface area contributed by atoms with Gasteiger partial charge in [0.15, 0.2) is 0 Å². The van der Waals surface area contributed by atoms with Crippen molar-refractivity contribution in [1.82, 2.24) is 9.80 Å². The molecule has 1 heterocycles. The number of hydrogen-bond donors (Lipinski definition) is 1. The first-order valence-electron chi connectivity index (χ1n) is 6.77. The first-order chi connectivity index (χ1) is 8.10. The van der Waals surface area contributed by atoms with Crippen molar-refractivity contribution < 1.29 is 9.90 Å². The molecule has 0 aromatic carbocycles. The third-order valence-corrected chi connectivity index (χ3v) is 3.84. The lowest BCUT2D eigenvalue weighted by molar-refractivity contribution is -0.144. The Bertz CT molecular complexity index is 238. The highest BCUT2D eigenvalue weighted by Gasteiger charge is 2.29. The van der Waals surface area contributed by atoms with E-state index in [4.69, 9.17) is 5.11 Å². The van der Waals surface area contributed by atoms with E-state index in [9.17, 15) is 4.79 Å². The molecule has 0 bridgehead atoms. The number of likely N-dealkylation sites (tertiary alicyclic amines) is 1. The van der Waals surface area contributed by atoms with Crippen molar-refractivity contribution >= 4 is 5.97 Å². The summed E-state index contributed by atoms with van der Waals surface area (Å²) in [5, 5.41) is 9.16. The lowest BCUT2D eigenvalue weighted by atomic mass is 10.0. The fourth-order valence-corrected chi connectivity index (χ4v) is 2.76. The second kappa shape index (κ2) is 6.97. The van der Waals surface area contributed by atoms with Crippen molar-refractivity contribution in [2.24, 2.45) is 0 Å². The summed E-state index contributed by atoms with van der Waals surface area (Å²) < 4.78 is 0. The molecule has 1 aliphatic heterocycles. The van der Waals surface area contributed by atoms with Gasteiger partial charge in [-0.2, -0.15) is 0 Å². The standard InChI is InChI=1S/C13H26N2O2/c1-4-8-15-9-6-11(7-10-15)14(3)12(5-2)13(16)17/h11-12H,4-10H2,1-3H3,(H,16,17). The van der Waals surface area contributed by atoms with E-state index < -0.39 is 5.97 Å². The van der Waals surface area contributed by atoms with Crippen molar-refractivity contribution in [3.8, 4) is 0 Å². The Morgan fingerprint density at radius 1 is 1.41 bits per heavy atom. The third-order valence-electron chi connectivity index (χ3n) is 3.84. The highest BCUT2D eigenvalue weighted by atomic mass is 16.4. The van der Waals surface area contributed by atoms with E-state index in [1.807, 2.05) is 14.0 Å². The molecule has 100 valence electrons. The maximum absolute atomic E-state index is 11.1. The molecule has 0 aromatic rings. The molecule has 1 atom stereocenters. The number of carbonyl (C=O) groups is 1. The molecule has 1 unspecified atom stereocenters. The van der Waals surface area contributed by atoms with Gasteiger partial charge in [0.05, 0.1) is 0 Å². The van der Waals surface area contributed by atoms with Gasteiger partial charge in [-0.1, -0.05) is 13.8 Å². The molecule has 4 nitrogen and oxygen atoms in total. The van der Waals surface area contributed by atoms with Crippen LogP contribution >= 0.6 is 0 Å². The van der Waals surface area contributed by atoms with Crippen LogP contribution in [0.15, 0.2) is 0 Å². The van der Waals surface area contributed by atoms with Crippen LogP contribution in [0.4, 0.5) is 0 Å². The Labute approximate surface area is 105 Å². The summed E-state index contributed by atoms with van der Waals surface area (Å²) in [6, 6.07) is 0.113. The molecule has 4 heteroatoms. The fraction of sp³-hybridized carbons (Fsp3) is 0.923. The average Bonchev–Trinajstić information content (AvgIpc) is 2.30. The van der Waals surface area contributed by atoms with Crippen molar-refractivity contribution in [3.05, 3.63) is 0 Å². The highest BCUT2D eigenvalue weighted by Crippen LogP contribution is 2.18. The molecule has 1 saturated heterocycles. The molecule has 0 radical (unpaired) electrons.